The highest BCUT2D eigenvalue weighted by atomic mass is 32.2. The Morgan fingerprint density at radius 1 is 0.804 bits per heavy atom. The number of aliphatic hydroxyl groups is 1. The van der Waals surface area contributed by atoms with Crippen molar-refractivity contribution in [2.45, 2.75) is 43.2 Å². The van der Waals surface area contributed by atoms with Gasteiger partial charge in [-0.15, -0.1) is 5.10 Å². The van der Waals surface area contributed by atoms with E-state index < -0.39 is 6.29 Å². The van der Waals surface area contributed by atoms with Crippen LogP contribution in [0.15, 0.2) is 139 Å². The molecule has 1 aliphatic heterocycles. The highest BCUT2D eigenvalue weighted by molar-refractivity contribution is 7.99. The van der Waals surface area contributed by atoms with Crippen molar-refractivity contribution in [1.29, 1.82) is 0 Å². The fourth-order valence-electron chi connectivity index (χ4n) is 5.57. The zero-order chi connectivity index (χ0) is 34.8. The van der Waals surface area contributed by atoms with Crippen LogP contribution < -0.4 is 15.4 Å². The average Bonchev–Trinajstić information content (AvgIpc) is 3.67. The Hall–Kier alpha value is -5.53. The second-order valence-corrected chi connectivity index (χ2v) is 12.8. The lowest BCUT2D eigenvalue weighted by Crippen LogP contribution is -2.31. The maximum absolute atomic E-state index is 12.6. The number of amides is 2. The van der Waals surface area contributed by atoms with Gasteiger partial charge in [0.15, 0.2) is 6.29 Å². The van der Waals surface area contributed by atoms with Crippen molar-refractivity contribution >= 4 is 23.5 Å². The van der Waals surface area contributed by atoms with Crippen LogP contribution in [-0.2, 0) is 22.6 Å². The van der Waals surface area contributed by atoms with E-state index >= 15 is 0 Å². The number of nitrogens with zero attached hydrogens (tertiary/aromatic N) is 4. The van der Waals surface area contributed by atoms with Crippen LogP contribution in [0.5, 0.6) is 11.5 Å². The molecule has 1 saturated heterocycles. The Kier molecular flexibility index (Phi) is 10.9. The molecular weight excluding hydrogens is 665 g/mol. The largest absolute Gasteiger partial charge is 0.457 e. The number of rotatable bonds is 12. The molecule has 2 heterocycles. The molecule has 0 saturated carbocycles. The monoisotopic (exact) mass is 700 g/mol. The molecule has 5 aromatic carbocycles. The number of nitrogens with one attached hydrogen (secondary N) is 2. The maximum Gasteiger partial charge on any atom is 0.319 e. The predicted molar refractivity (Wildman–Crippen MR) is 194 cm³/mol. The number of aliphatic hydroxyl groups excluding tert-OH is 1. The molecule has 3 atom stereocenters. The number of tetrazole rings is 1. The van der Waals surface area contributed by atoms with Gasteiger partial charge in [0.2, 0.25) is 5.16 Å². The third kappa shape index (κ3) is 8.99. The van der Waals surface area contributed by atoms with Crippen molar-refractivity contribution in [3.8, 4) is 17.2 Å². The van der Waals surface area contributed by atoms with E-state index in [1.807, 2.05) is 121 Å². The number of carbonyl (C=O) groups is 1. The fourth-order valence-corrected chi connectivity index (χ4v) is 6.48. The molecule has 12 heteroatoms. The van der Waals surface area contributed by atoms with Crippen LogP contribution in [0.3, 0.4) is 0 Å². The minimum Gasteiger partial charge on any atom is -0.457 e. The number of urea groups is 1. The average molecular weight is 701 g/mol. The molecule has 0 radical (unpaired) electrons. The highest BCUT2D eigenvalue weighted by Crippen LogP contribution is 2.39. The first-order valence-electron chi connectivity index (χ1n) is 16.5. The summed E-state index contributed by atoms with van der Waals surface area (Å²) in [6.07, 6.45) is -0.372. The molecule has 7 rings (SSSR count). The molecule has 0 spiro atoms. The van der Waals surface area contributed by atoms with Gasteiger partial charge in [0.05, 0.1) is 24.5 Å². The number of thioether (sulfide) groups is 1. The molecule has 0 bridgehead atoms. The quantitative estimate of drug-likeness (QED) is 0.110. The zero-order valence-electron chi connectivity index (χ0n) is 27.5. The summed E-state index contributed by atoms with van der Waals surface area (Å²) in [5.74, 6) is 2.03. The molecule has 6 aromatic rings. The van der Waals surface area contributed by atoms with E-state index in [9.17, 15) is 9.90 Å². The van der Waals surface area contributed by atoms with Crippen molar-refractivity contribution in [2.75, 3.05) is 11.1 Å². The molecule has 2 amide bonds. The Bertz CT molecular complexity index is 2000. The minimum absolute atomic E-state index is 0.0203. The standard InChI is InChI=1S/C39H36N6O5S/c46-25-28-13-15-29(16-14-28)36-23-35(26-51-39-42-43-44-45(39)32-7-3-1-4-8-32)49-37(50-36)30-17-11-27(12-18-30)24-40-38(47)41-31-19-21-34(22-20-31)48-33-9-5-2-6-10-33/h1-22,35-37,46H,23-26H2,(H2,40,41,47)/t35-,36+,37+/m0/s1. The first-order chi connectivity index (χ1) is 25.1. The summed E-state index contributed by atoms with van der Waals surface area (Å²) in [5, 5.41) is 28.3. The second-order valence-electron chi connectivity index (χ2n) is 11.9. The van der Waals surface area contributed by atoms with Gasteiger partial charge in [-0.2, -0.15) is 4.68 Å². The SMILES string of the molecule is O=C(NCc1ccc([C@@H]2O[C@H](CSc3nnnn3-c3ccccc3)C[C@H](c3ccc(CO)cc3)O2)cc1)Nc1ccc(Oc2ccccc2)cc1. The second kappa shape index (κ2) is 16.5. The molecule has 0 aliphatic carbocycles. The van der Waals surface area contributed by atoms with E-state index in [4.69, 9.17) is 14.2 Å². The lowest BCUT2D eigenvalue weighted by atomic mass is 10.0. The molecule has 258 valence electrons. The topological polar surface area (TPSA) is 133 Å². The van der Waals surface area contributed by atoms with Crippen molar-refractivity contribution in [3.63, 3.8) is 0 Å². The maximum atomic E-state index is 12.6. The Morgan fingerprint density at radius 2 is 1.47 bits per heavy atom. The number of ether oxygens (including phenoxy) is 3. The lowest BCUT2D eigenvalue weighted by molar-refractivity contribution is -0.245. The minimum atomic E-state index is -0.615. The summed E-state index contributed by atoms with van der Waals surface area (Å²) in [6.45, 7) is 0.316. The van der Waals surface area contributed by atoms with E-state index in [-0.39, 0.29) is 24.8 Å². The summed E-state index contributed by atoms with van der Waals surface area (Å²) < 4.78 is 20.6. The first-order valence-corrected chi connectivity index (χ1v) is 17.5. The first kappa shape index (κ1) is 33.9. The molecule has 1 fully saturated rings. The van der Waals surface area contributed by atoms with Gasteiger partial charge in [-0.25, -0.2) is 4.79 Å². The third-order valence-electron chi connectivity index (χ3n) is 8.25. The van der Waals surface area contributed by atoms with Gasteiger partial charge in [-0.1, -0.05) is 96.7 Å². The summed E-state index contributed by atoms with van der Waals surface area (Å²) >= 11 is 1.53. The summed E-state index contributed by atoms with van der Waals surface area (Å²) in [7, 11) is 0. The van der Waals surface area contributed by atoms with Gasteiger partial charge in [0.25, 0.3) is 0 Å². The number of carbonyl (C=O) groups excluding carboxylic acids is 1. The molecule has 1 aromatic heterocycles. The molecule has 1 aliphatic rings. The number of aromatic nitrogens is 4. The van der Waals surface area contributed by atoms with Crippen LogP contribution in [0.4, 0.5) is 10.5 Å². The van der Waals surface area contributed by atoms with Gasteiger partial charge in [-0.05, 0) is 75.6 Å². The van der Waals surface area contributed by atoms with Crippen molar-refractivity contribution < 1.29 is 24.1 Å². The smallest absolute Gasteiger partial charge is 0.319 e. The van der Waals surface area contributed by atoms with Gasteiger partial charge in [0.1, 0.15) is 11.5 Å². The van der Waals surface area contributed by atoms with E-state index in [1.165, 1.54) is 11.8 Å². The van der Waals surface area contributed by atoms with E-state index in [0.717, 1.165) is 33.7 Å². The number of hydrogen-bond acceptors (Lipinski definition) is 9. The number of anilines is 1. The number of hydrogen-bond donors (Lipinski definition) is 3. The highest BCUT2D eigenvalue weighted by Gasteiger charge is 2.32. The fraction of sp³-hybridized carbons (Fsp3) is 0.179. The number of para-hydroxylation sites is 2. The summed E-state index contributed by atoms with van der Waals surface area (Å²) in [4.78, 5) is 12.6. The van der Waals surface area contributed by atoms with Crippen LogP contribution in [0.1, 0.15) is 41.1 Å². The zero-order valence-corrected chi connectivity index (χ0v) is 28.4. The molecule has 3 N–H and O–H groups in total. The number of benzene rings is 5. The van der Waals surface area contributed by atoms with E-state index in [2.05, 4.69) is 26.2 Å². The predicted octanol–water partition coefficient (Wildman–Crippen LogP) is 7.61. The van der Waals surface area contributed by atoms with Gasteiger partial charge in [-0.3, -0.25) is 0 Å². The summed E-state index contributed by atoms with van der Waals surface area (Å²) in [5.41, 5.74) is 5.17. The van der Waals surface area contributed by atoms with Gasteiger partial charge < -0.3 is 30.0 Å². The van der Waals surface area contributed by atoms with Crippen LogP contribution in [0.2, 0.25) is 0 Å². The molecule has 51 heavy (non-hydrogen) atoms. The van der Waals surface area contributed by atoms with Crippen molar-refractivity contribution in [3.05, 3.63) is 156 Å². The Morgan fingerprint density at radius 3 is 2.20 bits per heavy atom. The molecular formula is C39H36N6O5S. The van der Waals surface area contributed by atoms with Crippen LogP contribution in [-0.4, -0.2) is 43.2 Å². The Balaban J connectivity index is 0.970. The summed E-state index contributed by atoms with van der Waals surface area (Å²) in [6, 6.07) is 41.8. The van der Waals surface area contributed by atoms with Crippen molar-refractivity contribution in [2.24, 2.45) is 0 Å². The van der Waals surface area contributed by atoms with E-state index in [1.54, 1.807) is 16.8 Å². The van der Waals surface area contributed by atoms with Crippen LogP contribution in [0, 0.1) is 0 Å². The molecule has 11 nitrogen and oxygen atoms in total. The van der Waals surface area contributed by atoms with Gasteiger partial charge >= 0.3 is 6.03 Å². The Labute approximate surface area is 299 Å². The van der Waals surface area contributed by atoms with Gasteiger partial charge in [0, 0.05) is 30.0 Å². The van der Waals surface area contributed by atoms with Crippen molar-refractivity contribution in [1.82, 2.24) is 25.5 Å². The normalized spacial score (nSPS) is 17.1. The molecule has 0 unspecified atom stereocenters. The van der Waals surface area contributed by atoms with Crippen LogP contribution >= 0.6 is 11.8 Å². The van der Waals surface area contributed by atoms with E-state index in [0.29, 0.717) is 35.3 Å². The van der Waals surface area contributed by atoms with Crippen LogP contribution in [0.25, 0.3) is 5.69 Å². The lowest BCUT2D eigenvalue weighted by Gasteiger charge is -2.36. The third-order valence-corrected chi connectivity index (χ3v) is 9.30.